The summed E-state index contributed by atoms with van der Waals surface area (Å²) in [7, 11) is 1.62. The molecule has 0 fully saturated rings. The molecule has 0 bridgehead atoms. The maximum atomic E-state index is 12.1. The third kappa shape index (κ3) is 3.85. The van der Waals surface area contributed by atoms with E-state index in [-0.39, 0.29) is 12.5 Å². The van der Waals surface area contributed by atoms with E-state index in [1.807, 2.05) is 43.3 Å². The fraction of sp³-hybridized carbons (Fsp3) is 0.176. The second kappa shape index (κ2) is 7.19. The van der Waals surface area contributed by atoms with E-state index in [0.717, 1.165) is 26.0 Å². The largest absolute Gasteiger partial charge is 0.497 e. The van der Waals surface area contributed by atoms with E-state index < -0.39 is 0 Å². The van der Waals surface area contributed by atoms with Crippen LogP contribution in [0.5, 0.6) is 11.5 Å². The van der Waals surface area contributed by atoms with Crippen LogP contribution in [0, 0.1) is 6.92 Å². The molecule has 0 atom stereocenters. The number of rotatable bonds is 5. The first-order chi connectivity index (χ1) is 11.5. The Morgan fingerprint density at radius 1 is 1.29 bits per heavy atom. The zero-order valence-corrected chi connectivity index (χ0v) is 15.5. The van der Waals surface area contributed by atoms with Gasteiger partial charge in [0.1, 0.15) is 11.5 Å². The molecule has 0 saturated heterocycles. The molecule has 0 aliphatic carbocycles. The number of hydrogen-bond donors (Lipinski definition) is 1. The molecule has 0 unspecified atom stereocenters. The van der Waals surface area contributed by atoms with Gasteiger partial charge in [-0.05, 0) is 58.7 Å². The number of carbonyl (C=O) groups is 1. The van der Waals surface area contributed by atoms with Crippen LogP contribution in [0.4, 0.5) is 5.13 Å². The van der Waals surface area contributed by atoms with Crippen molar-refractivity contribution in [2.45, 2.75) is 6.92 Å². The van der Waals surface area contributed by atoms with E-state index in [1.54, 1.807) is 7.11 Å². The first kappa shape index (κ1) is 16.7. The van der Waals surface area contributed by atoms with E-state index in [0.29, 0.717) is 10.9 Å². The van der Waals surface area contributed by atoms with E-state index >= 15 is 0 Å². The van der Waals surface area contributed by atoms with Gasteiger partial charge in [-0.15, -0.1) is 0 Å². The number of aromatic nitrogens is 1. The Labute approximate surface area is 151 Å². The lowest BCUT2D eigenvalue weighted by molar-refractivity contribution is -0.118. The second-order valence-corrected chi connectivity index (χ2v) is 7.01. The Balaban J connectivity index is 1.64. The molecule has 1 aromatic heterocycles. The quantitative estimate of drug-likeness (QED) is 0.682. The fourth-order valence-corrected chi connectivity index (χ4v) is 3.63. The van der Waals surface area contributed by atoms with Crippen LogP contribution in [-0.2, 0) is 4.79 Å². The molecular weight excluding hydrogens is 392 g/mol. The SMILES string of the molecule is COc1ccc2nc(NC(=O)COc3ccc(C)cc3Br)sc2c1. The summed E-state index contributed by atoms with van der Waals surface area (Å²) in [6.45, 7) is 1.91. The Bertz CT molecular complexity index is 895. The number of nitrogens with zero attached hydrogens (tertiary/aromatic N) is 1. The molecule has 0 aliphatic heterocycles. The minimum Gasteiger partial charge on any atom is -0.497 e. The molecule has 3 aromatic rings. The number of amides is 1. The van der Waals surface area contributed by atoms with Crippen LogP contribution in [0.15, 0.2) is 40.9 Å². The zero-order valence-electron chi connectivity index (χ0n) is 13.1. The third-order valence-corrected chi connectivity index (χ3v) is 4.84. The van der Waals surface area contributed by atoms with Crippen LogP contribution in [0.1, 0.15) is 5.56 Å². The predicted octanol–water partition coefficient (Wildman–Crippen LogP) is 4.39. The van der Waals surface area contributed by atoms with Crippen LogP contribution < -0.4 is 14.8 Å². The molecule has 3 rings (SSSR count). The first-order valence-corrected chi connectivity index (χ1v) is 8.79. The van der Waals surface area contributed by atoms with Gasteiger partial charge in [-0.2, -0.15) is 0 Å². The molecular formula is C17H15BrN2O3S. The zero-order chi connectivity index (χ0) is 17.1. The number of methoxy groups -OCH3 is 1. The number of benzene rings is 2. The number of nitrogens with one attached hydrogen (secondary N) is 1. The van der Waals surface area contributed by atoms with E-state index in [4.69, 9.17) is 9.47 Å². The number of ether oxygens (including phenoxy) is 2. The normalized spacial score (nSPS) is 10.6. The van der Waals surface area contributed by atoms with E-state index in [2.05, 4.69) is 26.2 Å². The highest BCUT2D eigenvalue weighted by molar-refractivity contribution is 9.10. The number of fused-ring (bicyclic) bond motifs is 1. The maximum Gasteiger partial charge on any atom is 0.264 e. The first-order valence-electron chi connectivity index (χ1n) is 7.18. The summed E-state index contributed by atoms with van der Waals surface area (Å²) in [5.41, 5.74) is 1.93. The lowest BCUT2D eigenvalue weighted by Gasteiger charge is -2.08. The lowest BCUT2D eigenvalue weighted by atomic mass is 10.2. The van der Waals surface area contributed by atoms with Crippen molar-refractivity contribution >= 4 is 48.5 Å². The van der Waals surface area contributed by atoms with Crippen LogP contribution in [0.2, 0.25) is 0 Å². The van der Waals surface area contributed by atoms with Crippen LogP contribution >= 0.6 is 27.3 Å². The highest BCUT2D eigenvalue weighted by Gasteiger charge is 2.10. The monoisotopic (exact) mass is 406 g/mol. The molecule has 7 heteroatoms. The highest BCUT2D eigenvalue weighted by Crippen LogP contribution is 2.29. The number of aryl methyl sites for hydroxylation is 1. The minimum atomic E-state index is -0.256. The van der Waals surface area contributed by atoms with Crippen LogP contribution in [0.25, 0.3) is 10.2 Å². The molecule has 1 N–H and O–H groups in total. The van der Waals surface area contributed by atoms with Gasteiger partial charge in [-0.3, -0.25) is 10.1 Å². The standard InChI is InChI=1S/C17H15BrN2O3S/c1-10-3-6-14(12(18)7-10)23-9-16(21)20-17-19-13-5-4-11(22-2)8-15(13)24-17/h3-8H,9H2,1-2H3,(H,19,20,21). The van der Waals surface area contributed by atoms with Gasteiger partial charge in [0.05, 0.1) is 21.8 Å². The summed E-state index contributed by atoms with van der Waals surface area (Å²) in [6, 6.07) is 11.3. The van der Waals surface area contributed by atoms with Gasteiger partial charge >= 0.3 is 0 Å². The Kier molecular flexibility index (Phi) is 5.01. The number of halogens is 1. The summed E-state index contributed by atoms with van der Waals surface area (Å²) in [4.78, 5) is 16.4. The second-order valence-electron chi connectivity index (χ2n) is 5.12. The van der Waals surface area contributed by atoms with Crippen LogP contribution in [-0.4, -0.2) is 24.6 Å². The van der Waals surface area contributed by atoms with Gasteiger partial charge in [0.15, 0.2) is 11.7 Å². The summed E-state index contributed by atoms with van der Waals surface area (Å²) < 4.78 is 12.5. The Morgan fingerprint density at radius 2 is 2.12 bits per heavy atom. The summed E-state index contributed by atoms with van der Waals surface area (Å²) in [5.74, 6) is 1.13. The van der Waals surface area contributed by atoms with Crippen molar-refractivity contribution in [1.29, 1.82) is 0 Å². The van der Waals surface area contributed by atoms with Gasteiger partial charge < -0.3 is 9.47 Å². The Hall–Kier alpha value is -2.12. The minimum absolute atomic E-state index is 0.0824. The van der Waals surface area contributed by atoms with Gasteiger partial charge in [0.25, 0.3) is 5.91 Å². The maximum absolute atomic E-state index is 12.1. The summed E-state index contributed by atoms with van der Waals surface area (Å²) >= 11 is 4.82. The fourth-order valence-electron chi connectivity index (χ4n) is 2.11. The van der Waals surface area contributed by atoms with Crippen molar-refractivity contribution in [2.75, 3.05) is 19.0 Å². The van der Waals surface area contributed by atoms with E-state index in [1.165, 1.54) is 11.3 Å². The third-order valence-electron chi connectivity index (χ3n) is 3.29. The van der Waals surface area contributed by atoms with Gasteiger partial charge in [-0.1, -0.05) is 17.4 Å². The molecule has 0 aliphatic rings. The molecule has 5 nitrogen and oxygen atoms in total. The summed E-state index contributed by atoms with van der Waals surface area (Å²) in [6.07, 6.45) is 0. The van der Waals surface area contributed by atoms with Crippen LogP contribution in [0.3, 0.4) is 0 Å². The van der Waals surface area contributed by atoms with Crippen molar-refractivity contribution < 1.29 is 14.3 Å². The number of hydrogen-bond acceptors (Lipinski definition) is 5. The average Bonchev–Trinajstić information content (AvgIpc) is 2.95. The van der Waals surface area contributed by atoms with E-state index in [9.17, 15) is 4.79 Å². The van der Waals surface area contributed by atoms with Gasteiger partial charge in [0.2, 0.25) is 0 Å². The molecule has 124 valence electrons. The molecule has 0 spiro atoms. The molecule has 0 radical (unpaired) electrons. The molecule has 0 saturated carbocycles. The van der Waals surface area contributed by atoms with Crippen molar-refractivity contribution in [3.05, 3.63) is 46.4 Å². The lowest BCUT2D eigenvalue weighted by Crippen LogP contribution is -2.20. The molecule has 24 heavy (non-hydrogen) atoms. The number of carbonyl (C=O) groups excluding carboxylic acids is 1. The predicted molar refractivity (Wildman–Crippen MR) is 99.2 cm³/mol. The Morgan fingerprint density at radius 3 is 2.88 bits per heavy atom. The highest BCUT2D eigenvalue weighted by atomic mass is 79.9. The number of thiazole rings is 1. The smallest absolute Gasteiger partial charge is 0.264 e. The van der Waals surface area contributed by atoms with Gasteiger partial charge in [0, 0.05) is 0 Å². The van der Waals surface area contributed by atoms with Crippen molar-refractivity contribution in [2.24, 2.45) is 0 Å². The van der Waals surface area contributed by atoms with Crippen molar-refractivity contribution in [3.8, 4) is 11.5 Å². The van der Waals surface area contributed by atoms with Crippen molar-refractivity contribution in [1.82, 2.24) is 4.98 Å². The molecule has 1 amide bonds. The topological polar surface area (TPSA) is 60.5 Å². The molecule has 1 heterocycles. The summed E-state index contributed by atoms with van der Waals surface area (Å²) in [5, 5.41) is 3.29. The average molecular weight is 407 g/mol. The van der Waals surface area contributed by atoms with Crippen molar-refractivity contribution in [3.63, 3.8) is 0 Å². The molecule has 2 aromatic carbocycles. The number of anilines is 1. The van der Waals surface area contributed by atoms with Gasteiger partial charge in [-0.25, -0.2) is 4.98 Å².